The average molecular weight is 535 g/mol. The highest BCUT2D eigenvalue weighted by molar-refractivity contribution is 5.93. The van der Waals surface area contributed by atoms with Crippen LogP contribution < -0.4 is 27.1 Å². The molecule has 1 aliphatic carbocycles. The molecule has 0 unspecified atom stereocenters. The number of hydrogen-bond donors (Lipinski definition) is 3. The van der Waals surface area contributed by atoms with Crippen LogP contribution in [0.3, 0.4) is 0 Å². The first kappa shape index (κ1) is 25.1. The van der Waals surface area contributed by atoms with Crippen LogP contribution in [0.4, 0.5) is 11.6 Å². The number of pyridine rings is 1. The highest BCUT2D eigenvalue weighted by Crippen LogP contribution is 2.34. The number of nitrogens with two attached hydrogens (primary N) is 2. The topological polar surface area (TPSA) is 176 Å². The second-order valence-electron chi connectivity index (χ2n) is 10.0. The average Bonchev–Trinajstić information content (AvgIpc) is 3.57. The molecule has 204 valence electrons. The summed E-state index contributed by atoms with van der Waals surface area (Å²) in [4.78, 5) is 31.3. The number of hydrogen-bond acceptors (Lipinski definition) is 11. The molecule has 1 aliphatic heterocycles. The number of anilines is 2. The quantitative estimate of drug-likeness (QED) is 0.318. The molecule has 39 heavy (non-hydrogen) atoms. The number of aromatic nitrogens is 2. The molecule has 2 fully saturated rings. The number of morpholine rings is 1. The number of amides is 1. The van der Waals surface area contributed by atoms with Crippen LogP contribution in [0.1, 0.15) is 47.3 Å². The van der Waals surface area contributed by atoms with E-state index in [-0.39, 0.29) is 40.8 Å². The summed E-state index contributed by atoms with van der Waals surface area (Å²) < 4.78 is 22.5. The van der Waals surface area contributed by atoms with Gasteiger partial charge in [-0.1, -0.05) is 18.0 Å². The molecule has 2 atom stereocenters. The standard InChI is InChI=1S/C27H30N6O6/c28-19-3-1-2-4-20(19)31-17-10-15(24(27(29)35)30-12-17)9-16-13-38-32-23(16)18-14-37-26-21(34)11-22(39-25(18)26)33-5-7-36-8-6-33/h10-14,19-20,31H,1-9,28H2,(H2,29,35)/t19-,20+/m1/s1. The van der Waals surface area contributed by atoms with Gasteiger partial charge in [-0.05, 0) is 24.5 Å². The molecule has 0 aromatic carbocycles. The van der Waals surface area contributed by atoms with E-state index >= 15 is 0 Å². The Bertz CT molecular complexity index is 1550. The van der Waals surface area contributed by atoms with Crippen LogP contribution >= 0.6 is 0 Å². The Morgan fingerprint density at radius 3 is 2.72 bits per heavy atom. The van der Waals surface area contributed by atoms with Crippen molar-refractivity contribution in [2.45, 2.75) is 44.2 Å². The number of carbonyl (C=O) groups excluding carboxylic acids is 1. The molecule has 1 saturated heterocycles. The van der Waals surface area contributed by atoms with Gasteiger partial charge in [0.15, 0.2) is 11.5 Å². The molecule has 5 N–H and O–H groups in total. The zero-order valence-electron chi connectivity index (χ0n) is 21.4. The Balaban J connectivity index is 1.34. The van der Waals surface area contributed by atoms with E-state index in [1.165, 1.54) is 18.6 Å². The molecule has 4 aromatic heterocycles. The molecule has 12 nitrogen and oxygen atoms in total. The minimum atomic E-state index is -0.640. The third kappa shape index (κ3) is 5.00. The summed E-state index contributed by atoms with van der Waals surface area (Å²) in [5.41, 5.74) is 15.1. The van der Waals surface area contributed by atoms with Crippen molar-refractivity contribution in [1.82, 2.24) is 10.1 Å². The van der Waals surface area contributed by atoms with Crippen molar-refractivity contribution in [2.75, 3.05) is 36.5 Å². The van der Waals surface area contributed by atoms with Crippen LogP contribution in [-0.4, -0.2) is 54.4 Å². The smallest absolute Gasteiger partial charge is 0.267 e. The van der Waals surface area contributed by atoms with E-state index in [0.29, 0.717) is 54.6 Å². The number of ether oxygens (including phenoxy) is 1. The summed E-state index contributed by atoms with van der Waals surface area (Å²) in [6, 6.07) is 3.45. The van der Waals surface area contributed by atoms with Gasteiger partial charge in [-0.25, -0.2) is 4.98 Å². The summed E-state index contributed by atoms with van der Waals surface area (Å²) in [6.07, 6.45) is 8.92. The molecule has 1 amide bonds. The summed E-state index contributed by atoms with van der Waals surface area (Å²) >= 11 is 0. The number of rotatable bonds is 7. The van der Waals surface area contributed by atoms with Gasteiger partial charge in [0, 0.05) is 37.2 Å². The van der Waals surface area contributed by atoms with Gasteiger partial charge < -0.3 is 39.8 Å². The van der Waals surface area contributed by atoms with Crippen molar-refractivity contribution in [3.8, 4) is 11.3 Å². The lowest BCUT2D eigenvalue weighted by Crippen LogP contribution is -2.42. The molecule has 5 heterocycles. The van der Waals surface area contributed by atoms with Gasteiger partial charge in [0.25, 0.3) is 5.91 Å². The number of primary amides is 1. The number of carbonyl (C=O) groups is 1. The van der Waals surface area contributed by atoms with E-state index in [1.54, 1.807) is 6.20 Å². The van der Waals surface area contributed by atoms with Gasteiger partial charge >= 0.3 is 0 Å². The van der Waals surface area contributed by atoms with Crippen LogP contribution in [0.15, 0.2) is 49.0 Å². The molecule has 0 spiro atoms. The van der Waals surface area contributed by atoms with Crippen LogP contribution in [0.5, 0.6) is 0 Å². The SMILES string of the molecule is NC(=O)c1ncc(N[C@H]2CCCC[C@H]2N)cc1Cc1conc1-c1coc2c(=O)cc(N3CCOCC3)oc12. The van der Waals surface area contributed by atoms with Crippen molar-refractivity contribution in [2.24, 2.45) is 11.5 Å². The van der Waals surface area contributed by atoms with Gasteiger partial charge in [0.05, 0.1) is 36.7 Å². The fourth-order valence-electron chi connectivity index (χ4n) is 5.34. The molecule has 0 bridgehead atoms. The molecule has 2 aliphatic rings. The fourth-order valence-corrected chi connectivity index (χ4v) is 5.34. The van der Waals surface area contributed by atoms with Crippen molar-refractivity contribution in [1.29, 1.82) is 0 Å². The van der Waals surface area contributed by atoms with Crippen LogP contribution in [0.25, 0.3) is 22.4 Å². The highest BCUT2D eigenvalue weighted by atomic mass is 16.5. The minimum absolute atomic E-state index is 0.0501. The third-order valence-electron chi connectivity index (χ3n) is 7.40. The maximum Gasteiger partial charge on any atom is 0.267 e. The van der Waals surface area contributed by atoms with Crippen molar-refractivity contribution < 1.29 is 22.9 Å². The van der Waals surface area contributed by atoms with Gasteiger partial charge in [-0.15, -0.1) is 0 Å². The first-order valence-corrected chi connectivity index (χ1v) is 13.1. The van der Waals surface area contributed by atoms with Gasteiger partial charge in [-0.2, -0.15) is 0 Å². The summed E-state index contributed by atoms with van der Waals surface area (Å²) in [5.74, 6) is -0.206. The van der Waals surface area contributed by atoms with Crippen molar-refractivity contribution in [3.63, 3.8) is 0 Å². The van der Waals surface area contributed by atoms with E-state index in [1.807, 2.05) is 11.0 Å². The third-order valence-corrected chi connectivity index (χ3v) is 7.40. The lowest BCUT2D eigenvalue weighted by molar-refractivity contribution is 0.0994. The molecule has 12 heteroatoms. The minimum Gasteiger partial charge on any atom is -0.456 e. The normalized spacial score (nSPS) is 19.9. The van der Waals surface area contributed by atoms with Crippen molar-refractivity contribution in [3.05, 3.63) is 57.9 Å². The Morgan fingerprint density at radius 1 is 1.10 bits per heavy atom. The monoisotopic (exact) mass is 534 g/mol. The molecular weight excluding hydrogens is 504 g/mol. The first-order valence-electron chi connectivity index (χ1n) is 13.1. The molecule has 1 saturated carbocycles. The molecule has 0 radical (unpaired) electrons. The predicted molar refractivity (Wildman–Crippen MR) is 143 cm³/mol. The molecule has 6 rings (SSSR count). The Kier molecular flexibility index (Phi) is 6.79. The highest BCUT2D eigenvalue weighted by Gasteiger charge is 2.25. The van der Waals surface area contributed by atoms with Crippen molar-refractivity contribution >= 4 is 28.6 Å². The molecule has 4 aromatic rings. The van der Waals surface area contributed by atoms with E-state index in [9.17, 15) is 9.59 Å². The Labute approximate surface area is 223 Å². The van der Waals surface area contributed by atoms with Crippen LogP contribution in [0, 0.1) is 0 Å². The van der Waals surface area contributed by atoms with E-state index in [0.717, 1.165) is 31.4 Å². The number of furan rings is 1. The maximum absolute atomic E-state index is 12.8. The van der Waals surface area contributed by atoms with Gasteiger partial charge in [0.2, 0.25) is 11.0 Å². The predicted octanol–water partition coefficient (Wildman–Crippen LogP) is 2.64. The van der Waals surface area contributed by atoms with Gasteiger partial charge in [0.1, 0.15) is 23.9 Å². The Hall–Kier alpha value is -4.16. The second kappa shape index (κ2) is 10.5. The Morgan fingerprint density at radius 2 is 1.92 bits per heavy atom. The summed E-state index contributed by atoms with van der Waals surface area (Å²) in [6.45, 7) is 2.31. The number of nitrogens with one attached hydrogen (secondary N) is 1. The summed E-state index contributed by atoms with van der Waals surface area (Å²) in [5, 5.41) is 7.65. The largest absolute Gasteiger partial charge is 0.456 e. The fraction of sp³-hybridized carbons (Fsp3) is 0.407. The van der Waals surface area contributed by atoms with E-state index in [2.05, 4.69) is 15.5 Å². The number of fused-ring (bicyclic) bond motifs is 1. The zero-order valence-corrected chi connectivity index (χ0v) is 21.4. The van der Waals surface area contributed by atoms with E-state index in [4.69, 9.17) is 29.6 Å². The van der Waals surface area contributed by atoms with Crippen LogP contribution in [0.2, 0.25) is 0 Å². The summed E-state index contributed by atoms with van der Waals surface area (Å²) in [7, 11) is 0. The lowest BCUT2D eigenvalue weighted by Gasteiger charge is -2.30. The van der Waals surface area contributed by atoms with Gasteiger partial charge in [-0.3, -0.25) is 9.59 Å². The second-order valence-corrected chi connectivity index (χ2v) is 10.0. The first-order chi connectivity index (χ1) is 19.0. The lowest BCUT2D eigenvalue weighted by atomic mass is 9.91. The number of nitrogens with zero attached hydrogens (tertiary/aromatic N) is 3. The zero-order chi connectivity index (χ0) is 26.9. The maximum atomic E-state index is 12.8. The van der Waals surface area contributed by atoms with E-state index < -0.39 is 5.91 Å². The molecular formula is C27H30N6O6. The van der Waals surface area contributed by atoms with Crippen LogP contribution in [-0.2, 0) is 11.2 Å².